The van der Waals surface area contributed by atoms with E-state index in [-0.39, 0.29) is 17.7 Å². The standard InChI is InChI=1S/C17H21N3O2/c1-12(2)16-18-17(22-19-16)14-10-15(21)20(11-14)9-8-13-6-4-3-5-7-13/h3-7,12,14H,8-11H2,1-2H3. The van der Waals surface area contributed by atoms with E-state index in [1.54, 1.807) is 0 Å². The Kier molecular flexibility index (Phi) is 4.22. The van der Waals surface area contributed by atoms with E-state index in [1.165, 1.54) is 5.56 Å². The first kappa shape index (κ1) is 14.8. The van der Waals surface area contributed by atoms with Gasteiger partial charge in [-0.2, -0.15) is 4.98 Å². The molecule has 1 unspecified atom stereocenters. The summed E-state index contributed by atoms with van der Waals surface area (Å²) >= 11 is 0. The maximum atomic E-state index is 12.2. The maximum Gasteiger partial charge on any atom is 0.232 e. The molecule has 1 fully saturated rings. The maximum absolute atomic E-state index is 12.2. The van der Waals surface area contributed by atoms with E-state index in [0.717, 1.165) is 13.0 Å². The molecule has 1 atom stereocenters. The van der Waals surface area contributed by atoms with Crippen molar-refractivity contribution in [3.63, 3.8) is 0 Å². The lowest BCUT2D eigenvalue weighted by molar-refractivity contribution is -0.127. The minimum atomic E-state index is 0.0308. The van der Waals surface area contributed by atoms with E-state index in [1.807, 2.05) is 36.9 Å². The summed E-state index contributed by atoms with van der Waals surface area (Å²) in [6.07, 6.45) is 1.34. The molecule has 2 aromatic rings. The molecular weight excluding hydrogens is 278 g/mol. The molecule has 2 heterocycles. The van der Waals surface area contributed by atoms with Crippen LogP contribution in [0.4, 0.5) is 0 Å². The van der Waals surface area contributed by atoms with E-state index >= 15 is 0 Å². The number of benzene rings is 1. The lowest BCUT2D eigenvalue weighted by atomic mass is 10.1. The van der Waals surface area contributed by atoms with Crippen LogP contribution < -0.4 is 0 Å². The molecule has 22 heavy (non-hydrogen) atoms. The van der Waals surface area contributed by atoms with Crippen LogP contribution in [0.25, 0.3) is 0 Å². The molecule has 1 saturated heterocycles. The summed E-state index contributed by atoms with van der Waals surface area (Å²) in [5, 5.41) is 3.99. The van der Waals surface area contributed by atoms with Crippen LogP contribution in [0.15, 0.2) is 34.9 Å². The molecule has 0 radical (unpaired) electrons. The van der Waals surface area contributed by atoms with Gasteiger partial charge in [-0.05, 0) is 12.0 Å². The number of rotatable bonds is 5. The van der Waals surface area contributed by atoms with Crippen molar-refractivity contribution >= 4 is 5.91 Å². The van der Waals surface area contributed by atoms with Crippen LogP contribution in [0.3, 0.4) is 0 Å². The van der Waals surface area contributed by atoms with Crippen molar-refractivity contribution in [3.8, 4) is 0 Å². The minimum absolute atomic E-state index is 0.0308. The second-order valence-electron chi connectivity index (χ2n) is 6.12. The zero-order valence-electron chi connectivity index (χ0n) is 13.0. The Bertz CT molecular complexity index is 636. The summed E-state index contributed by atoms with van der Waals surface area (Å²) in [4.78, 5) is 18.5. The molecule has 5 heteroatoms. The molecule has 0 aliphatic carbocycles. The number of aromatic nitrogens is 2. The van der Waals surface area contributed by atoms with Crippen molar-refractivity contribution < 1.29 is 9.32 Å². The summed E-state index contributed by atoms with van der Waals surface area (Å²) < 4.78 is 5.33. The number of carbonyl (C=O) groups is 1. The predicted octanol–water partition coefficient (Wildman–Crippen LogP) is 2.75. The molecule has 0 bridgehead atoms. The number of nitrogens with zero attached hydrogens (tertiary/aromatic N) is 3. The van der Waals surface area contributed by atoms with Crippen LogP contribution in [-0.4, -0.2) is 34.0 Å². The Labute approximate surface area is 130 Å². The fourth-order valence-corrected chi connectivity index (χ4v) is 2.71. The number of likely N-dealkylation sites (tertiary alicyclic amines) is 1. The highest BCUT2D eigenvalue weighted by Crippen LogP contribution is 2.28. The van der Waals surface area contributed by atoms with Crippen LogP contribution >= 0.6 is 0 Å². The van der Waals surface area contributed by atoms with E-state index < -0.39 is 0 Å². The van der Waals surface area contributed by atoms with Gasteiger partial charge in [0.05, 0.1) is 5.92 Å². The Hall–Kier alpha value is -2.17. The largest absolute Gasteiger partial charge is 0.342 e. The van der Waals surface area contributed by atoms with Gasteiger partial charge in [-0.15, -0.1) is 0 Å². The number of carbonyl (C=O) groups excluding carboxylic acids is 1. The first-order valence-corrected chi connectivity index (χ1v) is 7.78. The van der Waals surface area contributed by atoms with Gasteiger partial charge in [0.2, 0.25) is 11.8 Å². The van der Waals surface area contributed by atoms with Crippen molar-refractivity contribution in [1.29, 1.82) is 0 Å². The fraction of sp³-hybridized carbons (Fsp3) is 0.471. The molecule has 5 nitrogen and oxygen atoms in total. The summed E-state index contributed by atoms with van der Waals surface area (Å²) in [5.41, 5.74) is 1.25. The molecule has 116 valence electrons. The Morgan fingerprint density at radius 2 is 2.09 bits per heavy atom. The third-order valence-electron chi connectivity index (χ3n) is 4.05. The van der Waals surface area contributed by atoms with Crippen LogP contribution in [-0.2, 0) is 11.2 Å². The predicted molar refractivity (Wildman–Crippen MR) is 82.5 cm³/mol. The van der Waals surface area contributed by atoms with Crippen molar-refractivity contribution in [2.45, 2.75) is 38.5 Å². The number of hydrogen-bond acceptors (Lipinski definition) is 4. The number of hydrogen-bond donors (Lipinski definition) is 0. The third-order valence-corrected chi connectivity index (χ3v) is 4.05. The number of amides is 1. The first-order chi connectivity index (χ1) is 10.6. The van der Waals surface area contributed by atoms with E-state index in [2.05, 4.69) is 22.3 Å². The minimum Gasteiger partial charge on any atom is -0.342 e. The summed E-state index contributed by atoms with van der Waals surface area (Å²) in [7, 11) is 0. The van der Waals surface area contributed by atoms with Gasteiger partial charge < -0.3 is 9.42 Å². The van der Waals surface area contributed by atoms with Crippen molar-refractivity contribution in [2.75, 3.05) is 13.1 Å². The second kappa shape index (κ2) is 6.30. The van der Waals surface area contributed by atoms with Crippen LogP contribution in [0, 0.1) is 0 Å². The van der Waals surface area contributed by atoms with Gasteiger partial charge in [-0.25, -0.2) is 0 Å². The third kappa shape index (κ3) is 3.18. The monoisotopic (exact) mass is 299 g/mol. The molecular formula is C17H21N3O2. The lowest BCUT2D eigenvalue weighted by Crippen LogP contribution is -2.27. The average Bonchev–Trinajstić information content (AvgIpc) is 3.13. The highest BCUT2D eigenvalue weighted by molar-refractivity contribution is 5.79. The van der Waals surface area contributed by atoms with Gasteiger partial charge in [0, 0.05) is 25.4 Å². The van der Waals surface area contributed by atoms with E-state index in [4.69, 9.17) is 4.52 Å². The van der Waals surface area contributed by atoms with E-state index in [9.17, 15) is 4.79 Å². The zero-order chi connectivity index (χ0) is 15.5. The summed E-state index contributed by atoms with van der Waals surface area (Å²) in [6.45, 7) is 5.47. The molecule has 1 aromatic heterocycles. The normalized spacial score (nSPS) is 18.4. The lowest BCUT2D eigenvalue weighted by Gasteiger charge is -2.15. The first-order valence-electron chi connectivity index (χ1n) is 7.78. The molecule has 0 spiro atoms. The molecule has 1 aliphatic rings. The quantitative estimate of drug-likeness (QED) is 0.852. The summed E-state index contributed by atoms with van der Waals surface area (Å²) in [5.74, 6) is 1.75. The average molecular weight is 299 g/mol. The van der Waals surface area contributed by atoms with Gasteiger partial charge >= 0.3 is 0 Å². The molecule has 1 aliphatic heterocycles. The molecule has 0 N–H and O–H groups in total. The second-order valence-corrected chi connectivity index (χ2v) is 6.12. The zero-order valence-corrected chi connectivity index (χ0v) is 13.0. The van der Waals surface area contributed by atoms with Gasteiger partial charge in [-0.1, -0.05) is 49.3 Å². The van der Waals surface area contributed by atoms with Gasteiger partial charge in [0.15, 0.2) is 5.82 Å². The van der Waals surface area contributed by atoms with Crippen molar-refractivity contribution in [1.82, 2.24) is 15.0 Å². The van der Waals surface area contributed by atoms with Crippen molar-refractivity contribution in [2.24, 2.45) is 0 Å². The Morgan fingerprint density at radius 3 is 2.77 bits per heavy atom. The smallest absolute Gasteiger partial charge is 0.232 e. The molecule has 0 saturated carbocycles. The highest BCUT2D eigenvalue weighted by atomic mass is 16.5. The topological polar surface area (TPSA) is 59.2 Å². The Morgan fingerprint density at radius 1 is 1.32 bits per heavy atom. The van der Waals surface area contributed by atoms with Crippen LogP contribution in [0.2, 0.25) is 0 Å². The van der Waals surface area contributed by atoms with Gasteiger partial charge in [0.1, 0.15) is 0 Å². The van der Waals surface area contributed by atoms with Gasteiger partial charge in [0.25, 0.3) is 0 Å². The molecule has 1 amide bonds. The highest BCUT2D eigenvalue weighted by Gasteiger charge is 2.34. The molecule has 1 aromatic carbocycles. The van der Waals surface area contributed by atoms with Crippen molar-refractivity contribution in [3.05, 3.63) is 47.6 Å². The Balaban J connectivity index is 1.60. The van der Waals surface area contributed by atoms with Crippen LogP contribution in [0.5, 0.6) is 0 Å². The van der Waals surface area contributed by atoms with Crippen LogP contribution in [0.1, 0.15) is 49.4 Å². The fourth-order valence-electron chi connectivity index (χ4n) is 2.71. The SMILES string of the molecule is CC(C)c1noc(C2CC(=O)N(CCc3ccccc3)C2)n1. The summed E-state index contributed by atoms with van der Waals surface area (Å²) in [6, 6.07) is 10.2. The van der Waals surface area contributed by atoms with E-state index in [0.29, 0.717) is 24.7 Å². The molecule has 3 rings (SSSR count). The van der Waals surface area contributed by atoms with Gasteiger partial charge in [-0.3, -0.25) is 4.79 Å².